The fraction of sp³-hybridized carbons (Fsp3) is 0.500. The molecule has 5 heteroatoms. The number of pyridine rings is 1. The Labute approximate surface area is 105 Å². The molecule has 2 rings (SSSR count). The highest BCUT2D eigenvalue weighted by molar-refractivity contribution is 7.98. The number of anilines is 1. The molecule has 1 N–H and O–H groups in total. The second kappa shape index (κ2) is 5.40. The molecule has 0 saturated carbocycles. The van der Waals surface area contributed by atoms with Gasteiger partial charge in [0.15, 0.2) is 0 Å². The van der Waals surface area contributed by atoms with E-state index in [1.807, 2.05) is 18.5 Å². The third kappa shape index (κ3) is 2.91. The van der Waals surface area contributed by atoms with E-state index in [0.29, 0.717) is 0 Å². The topological polar surface area (TPSA) is 53.4 Å². The summed E-state index contributed by atoms with van der Waals surface area (Å²) in [6, 6.07) is 4.06. The molecule has 0 bridgehead atoms. The molecular weight excluding hydrogens is 236 g/mol. The first kappa shape index (κ1) is 12.2. The zero-order chi connectivity index (χ0) is 12.3. The van der Waals surface area contributed by atoms with Gasteiger partial charge in [-0.3, -0.25) is 4.79 Å². The van der Waals surface area contributed by atoms with E-state index in [9.17, 15) is 4.79 Å². The normalized spacial score (nSPS) is 17.1. The van der Waals surface area contributed by atoms with E-state index in [1.54, 1.807) is 11.8 Å². The zero-order valence-corrected chi connectivity index (χ0v) is 10.6. The van der Waals surface area contributed by atoms with Crippen LogP contribution in [0.4, 0.5) is 5.69 Å². The molecule has 0 spiro atoms. The lowest BCUT2D eigenvalue weighted by atomic mass is 9.97. The molecule has 1 aliphatic heterocycles. The summed E-state index contributed by atoms with van der Waals surface area (Å²) in [6.45, 7) is 1.61. The van der Waals surface area contributed by atoms with Gasteiger partial charge in [0.1, 0.15) is 0 Å². The summed E-state index contributed by atoms with van der Waals surface area (Å²) in [7, 11) is 0. The molecule has 0 aromatic carbocycles. The summed E-state index contributed by atoms with van der Waals surface area (Å²) < 4.78 is 0. The molecule has 0 amide bonds. The van der Waals surface area contributed by atoms with Crippen molar-refractivity contribution in [2.75, 3.05) is 24.2 Å². The van der Waals surface area contributed by atoms with Crippen LogP contribution in [0.15, 0.2) is 23.4 Å². The molecule has 0 unspecified atom stereocenters. The Morgan fingerprint density at radius 3 is 2.65 bits per heavy atom. The highest BCUT2D eigenvalue weighted by Crippen LogP contribution is 2.24. The molecule has 0 aliphatic carbocycles. The van der Waals surface area contributed by atoms with E-state index in [2.05, 4.69) is 16.0 Å². The van der Waals surface area contributed by atoms with E-state index in [0.717, 1.165) is 36.6 Å². The third-order valence-corrected chi connectivity index (χ3v) is 3.80. The van der Waals surface area contributed by atoms with Crippen molar-refractivity contribution in [3.05, 3.63) is 18.3 Å². The number of rotatable bonds is 3. The van der Waals surface area contributed by atoms with Gasteiger partial charge < -0.3 is 10.0 Å². The van der Waals surface area contributed by atoms with Crippen LogP contribution in [0, 0.1) is 5.92 Å². The summed E-state index contributed by atoms with van der Waals surface area (Å²) >= 11 is 1.62. The summed E-state index contributed by atoms with van der Waals surface area (Å²) in [5.41, 5.74) is 1.09. The molecule has 1 aromatic heterocycles. The maximum absolute atomic E-state index is 10.8. The number of carboxylic acid groups (broad SMARTS) is 1. The van der Waals surface area contributed by atoms with Crippen LogP contribution in [0.5, 0.6) is 0 Å². The van der Waals surface area contributed by atoms with Gasteiger partial charge in [0.05, 0.1) is 22.8 Å². The number of piperidine rings is 1. The average Bonchev–Trinajstić information content (AvgIpc) is 2.39. The number of aromatic nitrogens is 1. The quantitative estimate of drug-likeness (QED) is 0.835. The first-order valence-corrected chi connectivity index (χ1v) is 6.91. The minimum atomic E-state index is -0.666. The van der Waals surface area contributed by atoms with Gasteiger partial charge >= 0.3 is 5.97 Å². The molecule has 4 nitrogen and oxygen atoms in total. The Morgan fingerprint density at radius 1 is 1.47 bits per heavy atom. The van der Waals surface area contributed by atoms with Gasteiger partial charge in [0.2, 0.25) is 0 Å². The minimum Gasteiger partial charge on any atom is -0.481 e. The van der Waals surface area contributed by atoms with E-state index < -0.39 is 5.97 Å². The molecule has 0 radical (unpaired) electrons. The van der Waals surface area contributed by atoms with Gasteiger partial charge in [-0.2, -0.15) is 0 Å². The largest absolute Gasteiger partial charge is 0.481 e. The lowest BCUT2D eigenvalue weighted by Gasteiger charge is -2.31. The number of aliphatic carboxylic acids is 1. The van der Waals surface area contributed by atoms with Gasteiger partial charge in [0.25, 0.3) is 0 Å². The molecule has 0 atom stereocenters. The monoisotopic (exact) mass is 252 g/mol. The smallest absolute Gasteiger partial charge is 0.306 e. The molecule has 1 aromatic rings. The molecule has 2 heterocycles. The predicted molar refractivity (Wildman–Crippen MR) is 68.6 cm³/mol. The maximum Gasteiger partial charge on any atom is 0.306 e. The summed E-state index contributed by atoms with van der Waals surface area (Å²) in [5.74, 6) is -0.842. The second-order valence-electron chi connectivity index (χ2n) is 4.16. The van der Waals surface area contributed by atoms with Gasteiger partial charge in [-0.15, -0.1) is 11.8 Å². The van der Waals surface area contributed by atoms with E-state index in [-0.39, 0.29) is 5.92 Å². The first-order chi connectivity index (χ1) is 8.20. The SMILES string of the molecule is CSc1ccc(N2CCC(C(=O)O)CC2)cn1. The van der Waals surface area contributed by atoms with Crippen LogP contribution >= 0.6 is 11.8 Å². The van der Waals surface area contributed by atoms with Gasteiger partial charge in [-0.25, -0.2) is 4.98 Å². The number of hydrogen-bond acceptors (Lipinski definition) is 4. The van der Waals surface area contributed by atoms with Crippen LogP contribution in [0.25, 0.3) is 0 Å². The van der Waals surface area contributed by atoms with Crippen LogP contribution in [-0.2, 0) is 4.79 Å². The van der Waals surface area contributed by atoms with Crippen LogP contribution < -0.4 is 4.90 Å². The molecule has 17 heavy (non-hydrogen) atoms. The van der Waals surface area contributed by atoms with Crippen molar-refractivity contribution in [1.29, 1.82) is 0 Å². The number of carboxylic acids is 1. The summed E-state index contributed by atoms with van der Waals surface area (Å²) in [5, 5.41) is 9.94. The number of nitrogens with zero attached hydrogens (tertiary/aromatic N) is 2. The van der Waals surface area contributed by atoms with Crippen LogP contribution in [0.2, 0.25) is 0 Å². The van der Waals surface area contributed by atoms with Gasteiger partial charge in [0, 0.05) is 13.1 Å². The summed E-state index contributed by atoms with van der Waals surface area (Å²) in [4.78, 5) is 17.4. The van der Waals surface area contributed by atoms with Crippen molar-refractivity contribution in [2.24, 2.45) is 5.92 Å². The van der Waals surface area contributed by atoms with Crippen molar-refractivity contribution in [1.82, 2.24) is 4.98 Å². The van der Waals surface area contributed by atoms with Crippen molar-refractivity contribution in [3.63, 3.8) is 0 Å². The Hall–Kier alpha value is -1.23. The number of hydrogen-bond donors (Lipinski definition) is 1. The first-order valence-electron chi connectivity index (χ1n) is 5.68. The fourth-order valence-electron chi connectivity index (χ4n) is 2.06. The van der Waals surface area contributed by atoms with Gasteiger partial charge in [-0.1, -0.05) is 0 Å². The lowest BCUT2D eigenvalue weighted by molar-refractivity contribution is -0.142. The van der Waals surface area contributed by atoms with Crippen LogP contribution in [0.1, 0.15) is 12.8 Å². The van der Waals surface area contributed by atoms with Crippen molar-refractivity contribution in [2.45, 2.75) is 17.9 Å². The zero-order valence-electron chi connectivity index (χ0n) is 9.80. The van der Waals surface area contributed by atoms with Crippen LogP contribution in [-0.4, -0.2) is 35.4 Å². The third-order valence-electron chi connectivity index (χ3n) is 3.14. The average molecular weight is 252 g/mol. The highest BCUT2D eigenvalue weighted by Gasteiger charge is 2.24. The Morgan fingerprint density at radius 2 is 2.18 bits per heavy atom. The molecule has 1 fully saturated rings. The van der Waals surface area contributed by atoms with E-state index in [4.69, 9.17) is 5.11 Å². The second-order valence-corrected chi connectivity index (χ2v) is 4.98. The summed E-state index contributed by atoms with van der Waals surface area (Å²) in [6.07, 6.45) is 5.31. The number of thioether (sulfide) groups is 1. The Kier molecular flexibility index (Phi) is 3.89. The van der Waals surface area contributed by atoms with Crippen molar-refractivity contribution in [3.8, 4) is 0 Å². The lowest BCUT2D eigenvalue weighted by Crippen LogP contribution is -2.36. The highest BCUT2D eigenvalue weighted by atomic mass is 32.2. The maximum atomic E-state index is 10.8. The van der Waals surface area contributed by atoms with E-state index in [1.165, 1.54) is 0 Å². The molecule has 92 valence electrons. The predicted octanol–water partition coefficient (Wildman–Crippen LogP) is 2.10. The number of carbonyl (C=O) groups is 1. The van der Waals surface area contributed by atoms with Crippen molar-refractivity contribution >= 4 is 23.4 Å². The Balaban J connectivity index is 1.97. The fourth-order valence-corrected chi connectivity index (χ4v) is 2.43. The molecular formula is C12H16N2O2S. The van der Waals surface area contributed by atoms with Crippen molar-refractivity contribution < 1.29 is 9.90 Å². The molecule has 1 aliphatic rings. The van der Waals surface area contributed by atoms with Gasteiger partial charge in [-0.05, 0) is 31.2 Å². The standard InChI is InChI=1S/C12H16N2O2S/c1-17-11-3-2-10(8-13-11)14-6-4-9(5-7-14)12(15)16/h2-3,8-9H,4-7H2,1H3,(H,15,16). The minimum absolute atomic E-state index is 0.176. The van der Waals surface area contributed by atoms with Crippen LogP contribution in [0.3, 0.4) is 0 Å². The Bertz CT molecular complexity index is 386. The van der Waals surface area contributed by atoms with E-state index >= 15 is 0 Å². The molecule has 1 saturated heterocycles.